The Bertz CT molecular complexity index is 517. The fraction of sp³-hybridized carbons (Fsp3) is 0.167. The molecule has 2 aromatic rings. The Morgan fingerprint density at radius 3 is 2.50 bits per heavy atom. The second kappa shape index (κ2) is 3.77. The van der Waals surface area contributed by atoms with Crippen LogP contribution in [0.25, 0.3) is 10.9 Å². The molecule has 0 aliphatic heterocycles. The standard InChI is InChI=1S/C12H9F3N/c1-2-10-5-3-8-7-9(12(13,14)15)4-6-11(8)16-10/h3-7H,1-2H2. The van der Waals surface area contributed by atoms with E-state index in [1.54, 1.807) is 12.1 Å². The van der Waals surface area contributed by atoms with Crippen molar-refractivity contribution in [3.05, 3.63) is 48.5 Å². The minimum atomic E-state index is -4.31. The Balaban J connectivity index is 2.56. The normalized spacial score (nSPS) is 12.0. The molecule has 83 valence electrons. The Morgan fingerprint density at radius 2 is 1.88 bits per heavy atom. The Hall–Kier alpha value is -1.58. The summed E-state index contributed by atoms with van der Waals surface area (Å²) >= 11 is 0. The van der Waals surface area contributed by atoms with Crippen LogP contribution in [0, 0.1) is 6.92 Å². The topological polar surface area (TPSA) is 12.9 Å². The van der Waals surface area contributed by atoms with E-state index in [1.165, 1.54) is 6.07 Å². The van der Waals surface area contributed by atoms with E-state index in [0.29, 0.717) is 17.3 Å². The average molecular weight is 224 g/mol. The maximum Gasteiger partial charge on any atom is 0.416 e. The molecule has 1 radical (unpaired) electrons. The first kappa shape index (κ1) is 10.9. The second-order valence-electron chi connectivity index (χ2n) is 3.46. The maximum absolute atomic E-state index is 12.4. The lowest BCUT2D eigenvalue weighted by Gasteiger charge is -2.07. The summed E-state index contributed by atoms with van der Waals surface area (Å²) in [4.78, 5) is 4.19. The van der Waals surface area contributed by atoms with Gasteiger partial charge in [-0.1, -0.05) is 6.07 Å². The minimum absolute atomic E-state index is 0.493. The molecule has 0 saturated carbocycles. The molecule has 1 aromatic carbocycles. The van der Waals surface area contributed by atoms with Gasteiger partial charge in [0.1, 0.15) is 0 Å². The molecule has 1 heterocycles. The van der Waals surface area contributed by atoms with Gasteiger partial charge < -0.3 is 0 Å². The van der Waals surface area contributed by atoms with Gasteiger partial charge in [-0.2, -0.15) is 13.2 Å². The molecule has 1 aromatic heterocycles. The zero-order valence-electron chi connectivity index (χ0n) is 8.38. The van der Waals surface area contributed by atoms with Crippen LogP contribution in [-0.4, -0.2) is 4.98 Å². The van der Waals surface area contributed by atoms with Crippen LogP contribution in [0.3, 0.4) is 0 Å². The zero-order chi connectivity index (χ0) is 11.8. The summed E-state index contributed by atoms with van der Waals surface area (Å²) in [7, 11) is 0. The summed E-state index contributed by atoms with van der Waals surface area (Å²) in [5.74, 6) is 0. The predicted molar refractivity (Wildman–Crippen MR) is 55.8 cm³/mol. The Kier molecular flexibility index (Phi) is 2.58. The van der Waals surface area contributed by atoms with E-state index >= 15 is 0 Å². The van der Waals surface area contributed by atoms with Gasteiger partial charge in [0.2, 0.25) is 0 Å². The second-order valence-corrected chi connectivity index (χ2v) is 3.46. The average Bonchev–Trinajstić information content (AvgIpc) is 2.26. The van der Waals surface area contributed by atoms with Gasteiger partial charge in [0.25, 0.3) is 0 Å². The van der Waals surface area contributed by atoms with Crippen molar-refractivity contribution >= 4 is 10.9 Å². The van der Waals surface area contributed by atoms with Crippen LogP contribution < -0.4 is 0 Å². The minimum Gasteiger partial charge on any atom is -0.253 e. The van der Waals surface area contributed by atoms with E-state index in [9.17, 15) is 13.2 Å². The molecular formula is C12H9F3N. The Morgan fingerprint density at radius 1 is 1.12 bits per heavy atom. The van der Waals surface area contributed by atoms with Gasteiger partial charge in [0.05, 0.1) is 11.1 Å². The van der Waals surface area contributed by atoms with Crippen molar-refractivity contribution in [2.75, 3.05) is 0 Å². The quantitative estimate of drug-likeness (QED) is 0.720. The molecule has 0 atom stereocenters. The third-order valence-electron chi connectivity index (χ3n) is 2.33. The molecule has 16 heavy (non-hydrogen) atoms. The lowest BCUT2D eigenvalue weighted by molar-refractivity contribution is -0.137. The lowest BCUT2D eigenvalue weighted by atomic mass is 10.1. The first-order valence-corrected chi connectivity index (χ1v) is 4.77. The molecule has 0 fully saturated rings. The van der Waals surface area contributed by atoms with Crippen molar-refractivity contribution in [3.8, 4) is 0 Å². The first-order valence-electron chi connectivity index (χ1n) is 4.77. The van der Waals surface area contributed by atoms with Crippen LogP contribution >= 0.6 is 0 Å². The summed E-state index contributed by atoms with van der Waals surface area (Å²) in [6.07, 6.45) is -3.78. The Labute approximate surface area is 90.9 Å². The highest BCUT2D eigenvalue weighted by Crippen LogP contribution is 2.31. The van der Waals surface area contributed by atoms with Gasteiger partial charge in [-0.3, -0.25) is 4.98 Å². The highest BCUT2D eigenvalue weighted by Gasteiger charge is 2.30. The SMILES string of the molecule is [CH2]Cc1ccc2cc(C(F)(F)F)ccc2n1. The van der Waals surface area contributed by atoms with Crippen LogP contribution in [-0.2, 0) is 12.6 Å². The number of hydrogen-bond donors (Lipinski definition) is 0. The number of halogens is 3. The van der Waals surface area contributed by atoms with Gasteiger partial charge in [-0.15, -0.1) is 0 Å². The first-order chi connectivity index (χ1) is 7.50. The van der Waals surface area contributed by atoms with Crippen molar-refractivity contribution in [3.63, 3.8) is 0 Å². The highest BCUT2D eigenvalue weighted by molar-refractivity contribution is 5.79. The van der Waals surface area contributed by atoms with Gasteiger partial charge in [-0.25, -0.2) is 0 Å². The lowest BCUT2D eigenvalue weighted by Crippen LogP contribution is -2.04. The third kappa shape index (κ3) is 2.01. The number of alkyl halides is 3. The van der Waals surface area contributed by atoms with Crippen molar-refractivity contribution < 1.29 is 13.2 Å². The molecular weight excluding hydrogens is 215 g/mol. The van der Waals surface area contributed by atoms with Gasteiger partial charge >= 0.3 is 6.18 Å². The van der Waals surface area contributed by atoms with Crippen LogP contribution in [0.5, 0.6) is 0 Å². The van der Waals surface area contributed by atoms with Gasteiger partial charge in [-0.05, 0) is 37.6 Å². The fourth-order valence-electron chi connectivity index (χ4n) is 1.48. The van der Waals surface area contributed by atoms with Crippen LogP contribution in [0.1, 0.15) is 11.3 Å². The summed E-state index contributed by atoms with van der Waals surface area (Å²) < 4.78 is 37.3. The van der Waals surface area contributed by atoms with Crippen molar-refractivity contribution in [1.29, 1.82) is 0 Å². The molecule has 1 nitrogen and oxygen atoms in total. The van der Waals surface area contributed by atoms with Crippen LogP contribution in [0.4, 0.5) is 13.2 Å². The summed E-state index contributed by atoms with van der Waals surface area (Å²) in [5, 5.41) is 0.493. The smallest absolute Gasteiger partial charge is 0.253 e. The fourth-order valence-corrected chi connectivity index (χ4v) is 1.48. The largest absolute Gasteiger partial charge is 0.416 e. The maximum atomic E-state index is 12.4. The van der Waals surface area contributed by atoms with E-state index < -0.39 is 11.7 Å². The molecule has 4 heteroatoms. The van der Waals surface area contributed by atoms with E-state index in [0.717, 1.165) is 17.8 Å². The number of pyridine rings is 1. The number of fused-ring (bicyclic) bond motifs is 1. The van der Waals surface area contributed by atoms with E-state index in [4.69, 9.17) is 0 Å². The van der Waals surface area contributed by atoms with Crippen molar-refractivity contribution in [1.82, 2.24) is 4.98 Å². The van der Waals surface area contributed by atoms with Gasteiger partial charge in [0, 0.05) is 11.1 Å². The number of rotatable bonds is 1. The van der Waals surface area contributed by atoms with Crippen LogP contribution in [0.2, 0.25) is 0 Å². The molecule has 2 rings (SSSR count). The summed E-state index contributed by atoms with van der Waals surface area (Å²) in [6.45, 7) is 3.68. The predicted octanol–water partition coefficient (Wildman–Crippen LogP) is 3.63. The molecule has 0 amide bonds. The number of hydrogen-bond acceptors (Lipinski definition) is 1. The van der Waals surface area contributed by atoms with Crippen molar-refractivity contribution in [2.24, 2.45) is 0 Å². The molecule has 0 bridgehead atoms. The molecule has 0 aliphatic rings. The monoisotopic (exact) mass is 224 g/mol. The van der Waals surface area contributed by atoms with E-state index in [-0.39, 0.29) is 0 Å². The van der Waals surface area contributed by atoms with E-state index in [1.807, 2.05) is 0 Å². The molecule has 0 unspecified atom stereocenters. The van der Waals surface area contributed by atoms with Gasteiger partial charge in [0.15, 0.2) is 0 Å². The molecule has 0 N–H and O–H groups in total. The summed E-state index contributed by atoms with van der Waals surface area (Å²) in [5.41, 5.74) is 0.686. The van der Waals surface area contributed by atoms with Crippen LogP contribution in [0.15, 0.2) is 30.3 Å². The molecule has 0 saturated heterocycles. The number of nitrogens with zero attached hydrogens (tertiary/aromatic N) is 1. The third-order valence-corrected chi connectivity index (χ3v) is 2.33. The number of benzene rings is 1. The number of aromatic nitrogens is 1. The zero-order valence-corrected chi connectivity index (χ0v) is 8.38. The van der Waals surface area contributed by atoms with E-state index in [2.05, 4.69) is 11.9 Å². The molecule has 0 spiro atoms. The van der Waals surface area contributed by atoms with Crippen molar-refractivity contribution in [2.45, 2.75) is 12.6 Å². The molecule has 0 aliphatic carbocycles. The summed E-state index contributed by atoms with van der Waals surface area (Å²) in [6, 6.07) is 6.86. The highest BCUT2D eigenvalue weighted by atomic mass is 19.4.